The average molecular weight is 194 g/mol. The van der Waals surface area contributed by atoms with Crippen LogP contribution in [0.4, 0.5) is 0 Å². The highest BCUT2D eigenvalue weighted by atomic mass is 17.2. The van der Waals surface area contributed by atoms with Gasteiger partial charge >= 0.3 is 0 Å². The van der Waals surface area contributed by atoms with Gasteiger partial charge in [-0.05, 0) is 42.0 Å². The fourth-order valence-electron chi connectivity index (χ4n) is 1.94. The summed E-state index contributed by atoms with van der Waals surface area (Å²) in [4.78, 5) is 9.36. The molecule has 0 amide bonds. The Labute approximate surface area is 83.2 Å². The molecule has 1 aliphatic rings. The van der Waals surface area contributed by atoms with Crippen LogP contribution in [0.2, 0.25) is 0 Å². The second kappa shape index (κ2) is 3.98. The van der Waals surface area contributed by atoms with Gasteiger partial charge in [0.15, 0.2) is 0 Å². The molecule has 0 fully saturated rings. The number of phenols is 1. The molecule has 1 atom stereocenters. The van der Waals surface area contributed by atoms with E-state index >= 15 is 0 Å². The van der Waals surface area contributed by atoms with Gasteiger partial charge in [-0.15, -0.1) is 0 Å². The standard InChI is InChI=1S/C11H14O3/c1-13-14-5-4-8-6-9-7-10(12)2-3-11(8)9/h2-3,7-8,12H,4-6H2,1H3/t8-/m0/s1. The Hall–Kier alpha value is -1.06. The van der Waals surface area contributed by atoms with Crippen LogP contribution in [0.15, 0.2) is 18.2 Å². The highest BCUT2D eigenvalue weighted by Crippen LogP contribution is 2.38. The third kappa shape index (κ3) is 1.74. The Kier molecular flexibility index (Phi) is 2.70. The number of phenolic OH excluding ortho intramolecular Hbond substituents is 1. The van der Waals surface area contributed by atoms with Gasteiger partial charge in [0.1, 0.15) is 5.75 Å². The molecule has 0 saturated heterocycles. The predicted molar refractivity (Wildman–Crippen MR) is 52.1 cm³/mol. The van der Waals surface area contributed by atoms with Gasteiger partial charge in [0.25, 0.3) is 0 Å². The highest BCUT2D eigenvalue weighted by molar-refractivity contribution is 5.44. The first-order valence-electron chi connectivity index (χ1n) is 4.78. The van der Waals surface area contributed by atoms with Crippen molar-refractivity contribution in [3.63, 3.8) is 0 Å². The number of fused-ring (bicyclic) bond motifs is 1. The van der Waals surface area contributed by atoms with Crippen LogP contribution in [0.1, 0.15) is 23.5 Å². The van der Waals surface area contributed by atoms with E-state index in [2.05, 4.69) is 4.89 Å². The number of hydrogen-bond acceptors (Lipinski definition) is 3. The Morgan fingerprint density at radius 1 is 1.50 bits per heavy atom. The van der Waals surface area contributed by atoms with E-state index < -0.39 is 0 Å². The van der Waals surface area contributed by atoms with Crippen molar-refractivity contribution in [2.24, 2.45) is 0 Å². The van der Waals surface area contributed by atoms with Crippen LogP contribution in [0, 0.1) is 0 Å². The summed E-state index contributed by atoms with van der Waals surface area (Å²) in [5, 5.41) is 9.23. The van der Waals surface area contributed by atoms with E-state index in [-0.39, 0.29) is 0 Å². The molecule has 0 aliphatic heterocycles. The summed E-state index contributed by atoms with van der Waals surface area (Å²) in [5.74, 6) is 0.927. The summed E-state index contributed by atoms with van der Waals surface area (Å²) >= 11 is 0. The van der Waals surface area contributed by atoms with Crippen LogP contribution in [-0.2, 0) is 16.2 Å². The lowest BCUT2D eigenvalue weighted by Gasteiger charge is -2.29. The van der Waals surface area contributed by atoms with Gasteiger partial charge in [-0.1, -0.05) is 6.07 Å². The van der Waals surface area contributed by atoms with E-state index in [0.29, 0.717) is 18.3 Å². The number of rotatable bonds is 4. The molecule has 3 heteroatoms. The Morgan fingerprint density at radius 2 is 2.36 bits per heavy atom. The molecule has 0 bridgehead atoms. The zero-order chi connectivity index (χ0) is 9.97. The fourth-order valence-corrected chi connectivity index (χ4v) is 1.94. The summed E-state index contributed by atoms with van der Waals surface area (Å²) < 4.78 is 0. The average Bonchev–Trinajstić information content (AvgIpc) is 2.14. The molecule has 2 rings (SSSR count). The first kappa shape index (κ1) is 9.49. The van der Waals surface area contributed by atoms with Gasteiger partial charge in [-0.3, -0.25) is 0 Å². The van der Waals surface area contributed by atoms with Crippen LogP contribution in [-0.4, -0.2) is 18.8 Å². The minimum atomic E-state index is 0.357. The van der Waals surface area contributed by atoms with Gasteiger partial charge in [-0.25, -0.2) is 9.78 Å². The summed E-state index contributed by atoms with van der Waals surface area (Å²) in [7, 11) is 1.52. The molecule has 0 heterocycles. The predicted octanol–water partition coefficient (Wildman–Crippen LogP) is 2.00. The number of hydrogen-bond donors (Lipinski definition) is 1. The van der Waals surface area contributed by atoms with Crippen molar-refractivity contribution in [2.45, 2.75) is 18.8 Å². The van der Waals surface area contributed by atoms with E-state index in [4.69, 9.17) is 4.89 Å². The first-order chi connectivity index (χ1) is 6.81. The minimum Gasteiger partial charge on any atom is -0.508 e. The van der Waals surface area contributed by atoms with E-state index in [9.17, 15) is 5.11 Å². The molecule has 1 aliphatic carbocycles. The molecular formula is C11H14O3. The molecule has 0 unspecified atom stereocenters. The number of benzene rings is 1. The van der Waals surface area contributed by atoms with Gasteiger partial charge in [-0.2, -0.15) is 0 Å². The van der Waals surface area contributed by atoms with Crippen molar-refractivity contribution in [1.29, 1.82) is 0 Å². The largest absolute Gasteiger partial charge is 0.508 e. The lowest BCUT2D eigenvalue weighted by molar-refractivity contribution is -0.273. The summed E-state index contributed by atoms with van der Waals surface area (Å²) in [6.45, 7) is 0.626. The van der Waals surface area contributed by atoms with Gasteiger partial charge in [0.2, 0.25) is 0 Å². The monoisotopic (exact) mass is 194 g/mol. The SMILES string of the molecule is COOCC[C@H]1Cc2cc(O)ccc21. The second-order valence-electron chi connectivity index (χ2n) is 3.56. The highest BCUT2D eigenvalue weighted by Gasteiger charge is 2.25. The first-order valence-corrected chi connectivity index (χ1v) is 4.78. The third-order valence-corrected chi connectivity index (χ3v) is 2.70. The summed E-state index contributed by atoms with van der Waals surface area (Å²) in [6.07, 6.45) is 2.02. The van der Waals surface area contributed by atoms with Crippen molar-refractivity contribution in [1.82, 2.24) is 0 Å². The van der Waals surface area contributed by atoms with Crippen LogP contribution in [0.3, 0.4) is 0 Å². The smallest absolute Gasteiger partial charge is 0.115 e. The molecule has 14 heavy (non-hydrogen) atoms. The Morgan fingerprint density at radius 3 is 3.07 bits per heavy atom. The van der Waals surface area contributed by atoms with Gasteiger partial charge < -0.3 is 5.11 Å². The molecule has 1 aromatic carbocycles. The maximum absolute atomic E-state index is 9.23. The lowest BCUT2D eigenvalue weighted by Crippen LogP contribution is -2.18. The molecule has 0 aromatic heterocycles. The quantitative estimate of drug-likeness (QED) is 0.452. The van der Waals surface area contributed by atoms with Crippen molar-refractivity contribution in [3.05, 3.63) is 29.3 Å². The Balaban J connectivity index is 1.92. The fraction of sp³-hybridized carbons (Fsp3) is 0.455. The van der Waals surface area contributed by atoms with Crippen molar-refractivity contribution in [2.75, 3.05) is 13.7 Å². The minimum absolute atomic E-state index is 0.357. The molecule has 0 radical (unpaired) electrons. The topological polar surface area (TPSA) is 38.7 Å². The normalized spacial score (nSPS) is 18.8. The van der Waals surface area contributed by atoms with Gasteiger partial charge in [0, 0.05) is 0 Å². The number of aromatic hydroxyl groups is 1. The van der Waals surface area contributed by atoms with Gasteiger partial charge in [0.05, 0.1) is 13.7 Å². The molecule has 1 N–H and O–H groups in total. The Bertz CT molecular complexity index is 322. The van der Waals surface area contributed by atoms with E-state index in [0.717, 1.165) is 12.8 Å². The zero-order valence-electron chi connectivity index (χ0n) is 8.19. The van der Waals surface area contributed by atoms with E-state index in [1.54, 1.807) is 6.07 Å². The van der Waals surface area contributed by atoms with E-state index in [1.807, 2.05) is 12.1 Å². The molecule has 0 spiro atoms. The summed E-state index contributed by atoms with van der Waals surface area (Å²) in [6, 6.07) is 5.57. The molecule has 0 saturated carbocycles. The van der Waals surface area contributed by atoms with Crippen LogP contribution >= 0.6 is 0 Å². The van der Waals surface area contributed by atoms with Crippen molar-refractivity contribution < 1.29 is 14.9 Å². The van der Waals surface area contributed by atoms with Crippen molar-refractivity contribution in [3.8, 4) is 5.75 Å². The van der Waals surface area contributed by atoms with E-state index in [1.165, 1.54) is 18.2 Å². The maximum atomic E-state index is 9.23. The molecule has 76 valence electrons. The summed E-state index contributed by atoms with van der Waals surface area (Å²) in [5.41, 5.74) is 2.59. The maximum Gasteiger partial charge on any atom is 0.115 e. The molecule has 1 aromatic rings. The lowest BCUT2D eigenvalue weighted by atomic mass is 9.76. The molecule has 3 nitrogen and oxygen atoms in total. The molecular weight excluding hydrogens is 180 g/mol. The third-order valence-electron chi connectivity index (χ3n) is 2.70. The zero-order valence-corrected chi connectivity index (χ0v) is 8.19. The van der Waals surface area contributed by atoms with Crippen LogP contribution in [0.5, 0.6) is 5.75 Å². The second-order valence-corrected chi connectivity index (χ2v) is 3.56. The van der Waals surface area contributed by atoms with Crippen LogP contribution < -0.4 is 0 Å². The van der Waals surface area contributed by atoms with Crippen LogP contribution in [0.25, 0.3) is 0 Å². The van der Waals surface area contributed by atoms with Crippen molar-refractivity contribution >= 4 is 0 Å².